The lowest BCUT2D eigenvalue weighted by molar-refractivity contribution is -0.120. The molecule has 3 rings (SSSR count). The van der Waals surface area contributed by atoms with Crippen molar-refractivity contribution in [2.75, 3.05) is 6.54 Å². The van der Waals surface area contributed by atoms with Gasteiger partial charge in [-0.2, -0.15) is 0 Å². The second kappa shape index (κ2) is 8.81. The topological polar surface area (TPSA) is 87.3 Å². The molecule has 0 aliphatic heterocycles. The number of nitrogens with one attached hydrogen (secondary N) is 3. The Balaban J connectivity index is 1.46. The van der Waals surface area contributed by atoms with Gasteiger partial charge in [0.2, 0.25) is 0 Å². The van der Waals surface area contributed by atoms with Crippen LogP contribution >= 0.6 is 11.3 Å². The Morgan fingerprint density at radius 3 is 2.63 bits per heavy atom. The molecule has 0 fully saturated rings. The molecule has 2 aromatic rings. The number of aryl methyl sites for hydroxylation is 1. The van der Waals surface area contributed by atoms with Gasteiger partial charge >= 0.3 is 0 Å². The van der Waals surface area contributed by atoms with E-state index >= 15 is 0 Å². The summed E-state index contributed by atoms with van der Waals surface area (Å²) in [5, 5.41) is 2.51. The zero-order chi connectivity index (χ0) is 19.2. The first kappa shape index (κ1) is 19.1. The zero-order valence-corrected chi connectivity index (χ0v) is 16.0. The molecule has 0 bridgehead atoms. The molecule has 6 nitrogen and oxygen atoms in total. The minimum Gasteiger partial charge on any atom is -0.343 e. The van der Waals surface area contributed by atoms with Crippen LogP contribution < -0.4 is 16.2 Å². The number of fused-ring (bicyclic) bond motifs is 1. The lowest BCUT2D eigenvalue weighted by atomic mass is 9.87. The van der Waals surface area contributed by atoms with Gasteiger partial charge < -0.3 is 5.32 Å². The Hall–Kier alpha value is -2.67. The Labute approximate surface area is 162 Å². The number of hydrogen-bond donors (Lipinski definition) is 3. The van der Waals surface area contributed by atoms with Crippen LogP contribution in [0.5, 0.6) is 0 Å². The summed E-state index contributed by atoms with van der Waals surface area (Å²) in [7, 11) is 0. The molecule has 3 N–H and O–H groups in total. The number of hydrazine groups is 1. The second-order valence-electron chi connectivity index (χ2n) is 6.63. The third-order valence-corrected chi connectivity index (χ3v) is 5.98. The molecule has 27 heavy (non-hydrogen) atoms. The van der Waals surface area contributed by atoms with Crippen molar-refractivity contribution in [3.63, 3.8) is 0 Å². The standard InChI is InChI=1S/C20H23N3O3S/c1-2-13-8-9-16-15(10-13)11-17(27-16)20(26)23-22-18(24)12-21-19(25)14-6-4-3-5-7-14/h3-7,11,13H,2,8-10,12H2,1H3,(H,21,25)(H,22,24)(H,23,26)/t13-/m1/s1. The highest BCUT2D eigenvalue weighted by atomic mass is 32.1. The number of rotatable bonds is 5. The Morgan fingerprint density at radius 2 is 1.89 bits per heavy atom. The minimum absolute atomic E-state index is 0.215. The van der Waals surface area contributed by atoms with Gasteiger partial charge in [-0.05, 0) is 48.9 Å². The smallest absolute Gasteiger partial charge is 0.279 e. The monoisotopic (exact) mass is 385 g/mol. The molecule has 1 heterocycles. The van der Waals surface area contributed by atoms with E-state index in [4.69, 9.17) is 0 Å². The molecular weight excluding hydrogens is 362 g/mol. The van der Waals surface area contributed by atoms with E-state index in [0.717, 1.165) is 19.3 Å². The highest BCUT2D eigenvalue weighted by Gasteiger charge is 2.22. The fourth-order valence-electron chi connectivity index (χ4n) is 3.14. The van der Waals surface area contributed by atoms with Crippen LogP contribution in [-0.2, 0) is 17.6 Å². The predicted molar refractivity (Wildman–Crippen MR) is 105 cm³/mol. The molecule has 0 spiro atoms. The summed E-state index contributed by atoms with van der Waals surface area (Å²) < 4.78 is 0. The number of benzene rings is 1. The number of carbonyl (C=O) groups excluding carboxylic acids is 3. The van der Waals surface area contributed by atoms with E-state index < -0.39 is 5.91 Å². The van der Waals surface area contributed by atoms with Gasteiger partial charge in [0.15, 0.2) is 0 Å². The maximum Gasteiger partial charge on any atom is 0.279 e. The summed E-state index contributed by atoms with van der Waals surface area (Å²) in [4.78, 5) is 37.9. The molecule has 0 saturated carbocycles. The van der Waals surface area contributed by atoms with Crippen LogP contribution in [0.1, 0.15) is 50.2 Å². The highest BCUT2D eigenvalue weighted by Crippen LogP contribution is 2.33. The second-order valence-corrected chi connectivity index (χ2v) is 7.76. The van der Waals surface area contributed by atoms with Crippen molar-refractivity contribution >= 4 is 29.1 Å². The molecule has 142 valence electrons. The van der Waals surface area contributed by atoms with Gasteiger partial charge in [-0.3, -0.25) is 25.2 Å². The number of thiophene rings is 1. The van der Waals surface area contributed by atoms with Gasteiger partial charge in [-0.25, -0.2) is 0 Å². The van der Waals surface area contributed by atoms with E-state index in [-0.39, 0.29) is 18.4 Å². The molecule has 1 atom stereocenters. The fourth-order valence-corrected chi connectivity index (χ4v) is 4.25. The quantitative estimate of drug-likeness (QED) is 0.691. The van der Waals surface area contributed by atoms with Crippen molar-refractivity contribution in [3.8, 4) is 0 Å². The molecule has 0 unspecified atom stereocenters. The summed E-state index contributed by atoms with van der Waals surface area (Å²) in [5.41, 5.74) is 6.49. The Morgan fingerprint density at radius 1 is 1.11 bits per heavy atom. The first-order chi connectivity index (χ1) is 13.1. The minimum atomic E-state index is -0.486. The average molecular weight is 385 g/mol. The molecule has 1 aromatic carbocycles. The van der Waals surface area contributed by atoms with Crippen LogP contribution in [0.2, 0.25) is 0 Å². The number of amides is 3. The van der Waals surface area contributed by atoms with Crippen molar-refractivity contribution < 1.29 is 14.4 Å². The molecular formula is C20H23N3O3S. The van der Waals surface area contributed by atoms with Crippen LogP contribution in [0.15, 0.2) is 36.4 Å². The van der Waals surface area contributed by atoms with Crippen molar-refractivity contribution in [2.45, 2.75) is 32.6 Å². The number of hydrogen-bond acceptors (Lipinski definition) is 4. The average Bonchev–Trinajstić information content (AvgIpc) is 3.14. The van der Waals surface area contributed by atoms with Crippen molar-refractivity contribution in [1.82, 2.24) is 16.2 Å². The maximum atomic E-state index is 12.3. The molecule has 3 amide bonds. The van der Waals surface area contributed by atoms with Gasteiger partial charge in [-0.1, -0.05) is 31.5 Å². The zero-order valence-electron chi connectivity index (χ0n) is 15.2. The molecule has 0 radical (unpaired) electrons. The number of carbonyl (C=O) groups is 3. The van der Waals surface area contributed by atoms with E-state index in [2.05, 4.69) is 23.1 Å². The van der Waals surface area contributed by atoms with E-state index in [1.807, 2.05) is 12.1 Å². The molecule has 1 aliphatic rings. The van der Waals surface area contributed by atoms with E-state index in [0.29, 0.717) is 16.4 Å². The molecule has 1 aromatic heterocycles. The maximum absolute atomic E-state index is 12.3. The van der Waals surface area contributed by atoms with Crippen molar-refractivity contribution in [3.05, 3.63) is 57.3 Å². The third kappa shape index (κ3) is 4.95. The lowest BCUT2D eigenvalue weighted by Gasteiger charge is -2.19. The molecule has 7 heteroatoms. The molecule has 0 saturated heterocycles. The van der Waals surface area contributed by atoms with Gasteiger partial charge in [-0.15, -0.1) is 11.3 Å². The van der Waals surface area contributed by atoms with Crippen LogP contribution in [0.4, 0.5) is 0 Å². The largest absolute Gasteiger partial charge is 0.343 e. The molecule has 1 aliphatic carbocycles. The van der Waals surface area contributed by atoms with Crippen molar-refractivity contribution in [1.29, 1.82) is 0 Å². The van der Waals surface area contributed by atoms with Gasteiger partial charge in [0.25, 0.3) is 17.7 Å². The summed E-state index contributed by atoms with van der Waals surface area (Å²) in [6, 6.07) is 10.6. The van der Waals surface area contributed by atoms with Crippen LogP contribution in [0.25, 0.3) is 0 Å². The summed E-state index contributed by atoms with van der Waals surface area (Å²) in [5.74, 6) is -0.463. The van der Waals surface area contributed by atoms with Gasteiger partial charge in [0, 0.05) is 10.4 Å². The highest BCUT2D eigenvalue weighted by molar-refractivity contribution is 7.14. The van der Waals surface area contributed by atoms with Crippen LogP contribution in [0.3, 0.4) is 0 Å². The lowest BCUT2D eigenvalue weighted by Crippen LogP contribution is -2.46. The predicted octanol–water partition coefficient (Wildman–Crippen LogP) is 2.45. The summed E-state index contributed by atoms with van der Waals surface area (Å²) in [6.45, 7) is 1.98. The van der Waals surface area contributed by atoms with Crippen molar-refractivity contribution in [2.24, 2.45) is 5.92 Å². The van der Waals surface area contributed by atoms with Crippen LogP contribution in [-0.4, -0.2) is 24.3 Å². The van der Waals surface area contributed by atoms with Crippen LogP contribution in [0, 0.1) is 5.92 Å². The van der Waals surface area contributed by atoms with E-state index in [1.54, 1.807) is 24.3 Å². The SMILES string of the molecule is CC[C@@H]1CCc2sc(C(=O)NNC(=O)CNC(=O)c3ccccc3)cc2C1. The normalized spacial score (nSPS) is 15.5. The Kier molecular flexibility index (Phi) is 6.24. The first-order valence-corrected chi connectivity index (χ1v) is 9.92. The fraction of sp³-hybridized carbons (Fsp3) is 0.350. The first-order valence-electron chi connectivity index (χ1n) is 9.10. The van der Waals surface area contributed by atoms with E-state index in [1.165, 1.54) is 28.2 Å². The summed E-state index contributed by atoms with van der Waals surface area (Å²) >= 11 is 1.49. The van der Waals surface area contributed by atoms with Gasteiger partial charge in [0.05, 0.1) is 11.4 Å². The Bertz CT molecular complexity index is 832. The van der Waals surface area contributed by atoms with E-state index in [9.17, 15) is 14.4 Å². The third-order valence-electron chi connectivity index (χ3n) is 4.75. The summed E-state index contributed by atoms with van der Waals surface area (Å²) in [6.07, 6.45) is 4.36. The van der Waals surface area contributed by atoms with Gasteiger partial charge in [0.1, 0.15) is 0 Å².